The lowest BCUT2D eigenvalue weighted by Gasteiger charge is -2.14. The van der Waals surface area contributed by atoms with Crippen LogP contribution in [0, 0.1) is 3.70 Å². The summed E-state index contributed by atoms with van der Waals surface area (Å²) in [5, 5.41) is 0. The van der Waals surface area contributed by atoms with Crippen LogP contribution in [0.3, 0.4) is 0 Å². The zero-order valence-electron chi connectivity index (χ0n) is 10.3. The molecule has 0 fully saturated rings. The smallest absolute Gasteiger partial charge is 0.466 e. The van der Waals surface area contributed by atoms with E-state index < -0.39 is 36.7 Å². The van der Waals surface area contributed by atoms with Gasteiger partial charge in [0, 0.05) is 11.6 Å². The molecule has 0 spiro atoms. The zero-order chi connectivity index (χ0) is 15.3. The van der Waals surface area contributed by atoms with Gasteiger partial charge in [0.15, 0.2) is 0 Å². The topological polar surface area (TPSA) is 48.4 Å². The SMILES string of the molecule is CCOC(=O)Cc1nc(I)cc(OC(F)(F)F)c1CF. The van der Waals surface area contributed by atoms with Gasteiger partial charge in [0.05, 0.1) is 18.7 Å². The van der Waals surface area contributed by atoms with Crippen molar-refractivity contribution in [3.8, 4) is 5.75 Å². The summed E-state index contributed by atoms with van der Waals surface area (Å²) in [4.78, 5) is 15.2. The summed E-state index contributed by atoms with van der Waals surface area (Å²) >= 11 is 1.65. The van der Waals surface area contributed by atoms with Crippen molar-refractivity contribution in [2.45, 2.75) is 26.4 Å². The second-order valence-electron chi connectivity index (χ2n) is 3.53. The molecule has 0 aromatic carbocycles. The van der Waals surface area contributed by atoms with Gasteiger partial charge >= 0.3 is 12.3 Å². The van der Waals surface area contributed by atoms with Crippen molar-refractivity contribution in [1.82, 2.24) is 4.98 Å². The zero-order valence-corrected chi connectivity index (χ0v) is 12.4. The Labute approximate surface area is 125 Å². The van der Waals surface area contributed by atoms with Gasteiger partial charge in [0.25, 0.3) is 0 Å². The number of rotatable bonds is 5. The van der Waals surface area contributed by atoms with Crippen LogP contribution in [-0.4, -0.2) is 23.9 Å². The predicted molar refractivity (Wildman–Crippen MR) is 68.8 cm³/mol. The summed E-state index contributed by atoms with van der Waals surface area (Å²) in [6.45, 7) is 0.456. The van der Waals surface area contributed by atoms with E-state index in [0.717, 1.165) is 6.07 Å². The van der Waals surface area contributed by atoms with E-state index in [1.165, 1.54) is 0 Å². The number of aromatic nitrogens is 1. The molecule has 0 bridgehead atoms. The minimum Gasteiger partial charge on any atom is -0.466 e. The van der Waals surface area contributed by atoms with Crippen molar-refractivity contribution >= 4 is 28.6 Å². The Bertz CT molecular complexity index is 493. The quantitative estimate of drug-likeness (QED) is 0.326. The summed E-state index contributed by atoms with van der Waals surface area (Å²) < 4.78 is 58.2. The standard InChI is InChI=1S/C11H10F4INO3/c1-2-19-10(18)3-7-6(5-12)8(4-9(16)17-7)20-11(13,14)15/h4H,2-3,5H2,1H3. The maximum absolute atomic E-state index is 12.9. The van der Waals surface area contributed by atoms with Crippen LogP contribution in [0.25, 0.3) is 0 Å². The van der Waals surface area contributed by atoms with Gasteiger partial charge in [-0.2, -0.15) is 0 Å². The molecule has 0 amide bonds. The number of alkyl halides is 4. The summed E-state index contributed by atoms with van der Waals surface area (Å²) in [6.07, 6.45) is -5.37. The van der Waals surface area contributed by atoms with Gasteiger partial charge in [-0.25, -0.2) is 9.37 Å². The van der Waals surface area contributed by atoms with Gasteiger partial charge in [0.1, 0.15) is 16.1 Å². The highest BCUT2D eigenvalue weighted by Gasteiger charge is 2.33. The molecule has 1 aromatic rings. The molecule has 0 unspecified atom stereocenters. The number of hydrogen-bond acceptors (Lipinski definition) is 4. The first kappa shape index (κ1) is 16.9. The summed E-state index contributed by atoms with van der Waals surface area (Å²) in [7, 11) is 0. The molecular formula is C11H10F4INO3. The van der Waals surface area contributed by atoms with E-state index in [-0.39, 0.29) is 16.0 Å². The second-order valence-corrected chi connectivity index (χ2v) is 4.64. The highest BCUT2D eigenvalue weighted by atomic mass is 127. The fourth-order valence-electron chi connectivity index (χ4n) is 1.42. The lowest BCUT2D eigenvalue weighted by atomic mass is 10.1. The normalized spacial score (nSPS) is 11.3. The van der Waals surface area contributed by atoms with E-state index in [1.54, 1.807) is 29.5 Å². The molecule has 0 aliphatic carbocycles. The Morgan fingerprint density at radius 1 is 1.45 bits per heavy atom. The van der Waals surface area contributed by atoms with Gasteiger partial charge in [-0.15, -0.1) is 13.2 Å². The van der Waals surface area contributed by atoms with Crippen LogP contribution in [0.5, 0.6) is 5.75 Å². The Morgan fingerprint density at radius 2 is 2.10 bits per heavy atom. The molecule has 0 atom stereocenters. The molecule has 112 valence electrons. The Hall–Kier alpha value is -1.13. The second kappa shape index (κ2) is 7.04. The highest BCUT2D eigenvalue weighted by molar-refractivity contribution is 14.1. The van der Waals surface area contributed by atoms with E-state index in [4.69, 9.17) is 0 Å². The molecular weight excluding hydrogens is 397 g/mol. The van der Waals surface area contributed by atoms with Crippen molar-refractivity contribution in [2.24, 2.45) is 0 Å². The predicted octanol–water partition coefficient (Wildman–Crippen LogP) is 3.16. The molecule has 20 heavy (non-hydrogen) atoms. The molecule has 4 nitrogen and oxygen atoms in total. The third-order valence-electron chi connectivity index (χ3n) is 2.11. The first-order chi connectivity index (χ1) is 9.26. The molecule has 1 aromatic heterocycles. The lowest BCUT2D eigenvalue weighted by Crippen LogP contribution is -2.20. The van der Waals surface area contributed by atoms with E-state index >= 15 is 0 Å². The molecule has 0 saturated heterocycles. The van der Waals surface area contributed by atoms with Gasteiger partial charge in [-0.1, -0.05) is 0 Å². The molecule has 0 aliphatic heterocycles. The number of carbonyl (C=O) groups is 1. The molecule has 1 heterocycles. The van der Waals surface area contributed by atoms with Crippen molar-refractivity contribution in [3.63, 3.8) is 0 Å². The van der Waals surface area contributed by atoms with E-state index in [2.05, 4.69) is 14.5 Å². The van der Waals surface area contributed by atoms with Crippen LogP contribution >= 0.6 is 22.6 Å². The van der Waals surface area contributed by atoms with Crippen molar-refractivity contribution in [1.29, 1.82) is 0 Å². The Kier molecular flexibility index (Phi) is 5.96. The summed E-state index contributed by atoms with van der Waals surface area (Å²) in [5.74, 6) is -1.40. The average Bonchev–Trinajstić information content (AvgIpc) is 2.26. The van der Waals surface area contributed by atoms with Gasteiger partial charge in [-0.05, 0) is 29.5 Å². The number of nitrogens with zero attached hydrogens (tertiary/aromatic N) is 1. The summed E-state index contributed by atoms with van der Waals surface area (Å²) in [6, 6.07) is 0.956. The van der Waals surface area contributed by atoms with Gasteiger partial charge < -0.3 is 9.47 Å². The highest BCUT2D eigenvalue weighted by Crippen LogP contribution is 2.30. The van der Waals surface area contributed by atoms with Gasteiger partial charge in [0.2, 0.25) is 0 Å². The van der Waals surface area contributed by atoms with Crippen molar-refractivity contribution in [2.75, 3.05) is 6.61 Å². The van der Waals surface area contributed by atoms with E-state index in [9.17, 15) is 22.4 Å². The minimum absolute atomic E-state index is 0.111. The lowest BCUT2D eigenvalue weighted by molar-refractivity contribution is -0.275. The van der Waals surface area contributed by atoms with Crippen LogP contribution in [0.1, 0.15) is 18.2 Å². The van der Waals surface area contributed by atoms with E-state index in [1.807, 2.05) is 0 Å². The molecule has 1 rings (SSSR count). The van der Waals surface area contributed by atoms with Crippen molar-refractivity contribution < 1.29 is 31.8 Å². The first-order valence-corrected chi connectivity index (χ1v) is 6.50. The van der Waals surface area contributed by atoms with Crippen molar-refractivity contribution in [3.05, 3.63) is 21.0 Å². The number of ether oxygens (including phenoxy) is 2. The molecule has 9 heteroatoms. The van der Waals surface area contributed by atoms with Crippen LogP contribution < -0.4 is 4.74 Å². The Morgan fingerprint density at radius 3 is 2.60 bits per heavy atom. The van der Waals surface area contributed by atoms with Crippen LogP contribution in [0.2, 0.25) is 0 Å². The fraction of sp³-hybridized carbons (Fsp3) is 0.455. The largest absolute Gasteiger partial charge is 0.573 e. The first-order valence-electron chi connectivity index (χ1n) is 5.42. The van der Waals surface area contributed by atoms with Crippen LogP contribution in [0.15, 0.2) is 6.07 Å². The number of carbonyl (C=O) groups excluding carboxylic acids is 1. The molecule has 0 aliphatic rings. The Balaban J connectivity index is 3.13. The van der Waals surface area contributed by atoms with Crippen LogP contribution in [-0.2, 0) is 22.6 Å². The maximum Gasteiger partial charge on any atom is 0.573 e. The van der Waals surface area contributed by atoms with Crippen LogP contribution in [0.4, 0.5) is 17.6 Å². The summed E-state index contributed by atoms with van der Waals surface area (Å²) in [5.41, 5.74) is -0.534. The monoisotopic (exact) mass is 407 g/mol. The number of halogens is 5. The molecule has 0 N–H and O–H groups in total. The third kappa shape index (κ3) is 5.10. The van der Waals surface area contributed by atoms with Gasteiger partial charge in [-0.3, -0.25) is 4.79 Å². The third-order valence-corrected chi connectivity index (χ3v) is 2.67. The number of hydrogen-bond donors (Lipinski definition) is 0. The number of pyridine rings is 1. The average molecular weight is 407 g/mol. The molecule has 0 saturated carbocycles. The fourth-order valence-corrected chi connectivity index (χ4v) is 1.99. The van der Waals surface area contributed by atoms with E-state index in [0.29, 0.717) is 0 Å². The minimum atomic E-state index is -4.95. The number of esters is 1. The maximum atomic E-state index is 12.9. The molecule has 0 radical (unpaired) electrons.